The van der Waals surface area contributed by atoms with Crippen LogP contribution >= 0.6 is 11.3 Å². The molecule has 2 aromatic rings. The highest BCUT2D eigenvalue weighted by molar-refractivity contribution is 7.14. The van der Waals surface area contributed by atoms with Crippen molar-refractivity contribution in [3.63, 3.8) is 0 Å². The molecule has 0 amide bonds. The molecule has 0 spiro atoms. The molecule has 0 atom stereocenters. The standard InChI is InChI=1S/C17H18O3S/c1-2-14-9-15(16(21-14)17(18)19)20-10-11-6-7-12-4-3-5-13(12)8-11/h6-9H,2-5,10H2,1H3,(H,18,19). The number of thiophene rings is 1. The average Bonchev–Trinajstić information content (AvgIpc) is 3.10. The number of carboxylic acid groups (broad SMARTS) is 1. The van der Waals surface area contributed by atoms with Crippen LogP contribution < -0.4 is 4.74 Å². The molecule has 0 saturated heterocycles. The summed E-state index contributed by atoms with van der Waals surface area (Å²) in [4.78, 5) is 12.6. The predicted molar refractivity (Wildman–Crippen MR) is 83.5 cm³/mol. The Balaban J connectivity index is 1.75. The second kappa shape index (κ2) is 5.90. The van der Waals surface area contributed by atoms with Gasteiger partial charge in [-0.25, -0.2) is 4.79 Å². The average molecular weight is 302 g/mol. The van der Waals surface area contributed by atoms with Crippen molar-refractivity contribution in [1.29, 1.82) is 0 Å². The van der Waals surface area contributed by atoms with Crippen molar-refractivity contribution in [2.24, 2.45) is 0 Å². The van der Waals surface area contributed by atoms with Gasteiger partial charge >= 0.3 is 5.97 Å². The van der Waals surface area contributed by atoms with E-state index in [2.05, 4.69) is 18.2 Å². The number of ether oxygens (including phenoxy) is 1. The fourth-order valence-electron chi connectivity index (χ4n) is 2.73. The summed E-state index contributed by atoms with van der Waals surface area (Å²) < 4.78 is 5.76. The van der Waals surface area contributed by atoms with E-state index < -0.39 is 5.97 Å². The van der Waals surface area contributed by atoms with E-state index in [-0.39, 0.29) is 0 Å². The van der Waals surface area contributed by atoms with Crippen molar-refractivity contribution < 1.29 is 14.6 Å². The molecule has 0 aliphatic heterocycles. The lowest BCUT2D eigenvalue weighted by Crippen LogP contribution is -2.00. The molecule has 4 heteroatoms. The fourth-order valence-corrected chi connectivity index (χ4v) is 3.61. The molecule has 0 fully saturated rings. The van der Waals surface area contributed by atoms with Crippen LogP contribution in [0.2, 0.25) is 0 Å². The summed E-state index contributed by atoms with van der Waals surface area (Å²) in [6.45, 7) is 2.44. The molecule has 0 saturated carbocycles. The van der Waals surface area contributed by atoms with Gasteiger partial charge < -0.3 is 9.84 Å². The summed E-state index contributed by atoms with van der Waals surface area (Å²) in [5.74, 6) is -0.423. The molecule has 0 bridgehead atoms. The van der Waals surface area contributed by atoms with Crippen LogP contribution in [0.3, 0.4) is 0 Å². The maximum atomic E-state index is 11.2. The SMILES string of the molecule is CCc1cc(OCc2ccc3c(c2)CCC3)c(C(=O)O)s1. The van der Waals surface area contributed by atoms with Crippen LogP contribution in [0.4, 0.5) is 0 Å². The van der Waals surface area contributed by atoms with Gasteiger partial charge in [0.05, 0.1) is 0 Å². The molecule has 3 rings (SSSR count). The second-order valence-corrected chi connectivity index (χ2v) is 6.45. The zero-order valence-electron chi connectivity index (χ0n) is 12.0. The quantitative estimate of drug-likeness (QED) is 0.905. The number of rotatable bonds is 5. The number of fused-ring (bicyclic) bond motifs is 1. The Morgan fingerprint density at radius 3 is 2.86 bits per heavy atom. The molecule has 21 heavy (non-hydrogen) atoms. The second-order valence-electron chi connectivity index (χ2n) is 5.31. The van der Waals surface area contributed by atoms with E-state index in [9.17, 15) is 9.90 Å². The summed E-state index contributed by atoms with van der Waals surface area (Å²) in [6, 6.07) is 8.29. The third kappa shape index (κ3) is 2.95. The summed E-state index contributed by atoms with van der Waals surface area (Å²) >= 11 is 1.30. The first-order valence-electron chi connectivity index (χ1n) is 7.27. The number of carboxylic acids is 1. The molecule has 1 aliphatic rings. The normalized spacial score (nSPS) is 13.2. The van der Waals surface area contributed by atoms with E-state index in [1.165, 1.54) is 35.3 Å². The number of benzene rings is 1. The highest BCUT2D eigenvalue weighted by atomic mass is 32.1. The van der Waals surface area contributed by atoms with Gasteiger partial charge in [-0.05, 0) is 48.4 Å². The van der Waals surface area contributed by atoms with Crippen molar-refractivity contribution in [3.8, 4) is 5.75 Å². The van der Waals surface area contributed by atoms with Gasteiger partial charge in [0.25, 0.3) is 0 Å². The molecule has 110 valence electrons. The van der Waals surface area contributed by atoms with E-state index in [1.807, 2.05) is 13.0 Å². The zero-order valence-corrected chi connectivity index (χ0v) is 12.8. The maximum absolute atomic E-state index is 11.2. The van der Waals surface area contributed by atoms with Crippen molar-refractivity contribution >= 4 is 17.3 Å². The van der Waals surface area contributed by atoms with Gasteiger partial charge in [0.1, 0.15) is 12.4 Å². The minimum Gasteiger partial charge on any atom is -0.487 e. The van der Waals surface area contributed by atoms with E-state index in [1.54, 1.807) is 0 Å². The van der Waals surface area contributed by atoms with Crippen LogP contribution in [0, 0.1) is 0 Å². The largest absolute Gasteiger partial charge is 0.487 e. The van der Waals surface area contributed by atoms with Gasteiger partial charge in [-0.3, -0.25) is 0 Å². The maximum Gasteiger partial charge on any atom is 0.349 e. The Hall–Kier alpha value is -1.81. The first-order chi connectivity index (χ1) is 10.2. The lowest BCUT2D eigenvalue weighted by Gasteiger charge is -2.07. The van der Waals surface area contributed by atoms with Crippen LogP contribution in [0.15, 0.2) is 24.3 Å². The highest BCUT2D eigenvalue weighted by Gasteiger charge is 2.17. The number of aromatic carboxylic acids is 1. The Bertz CT molecular complexity index is 673. The van der Waals surface area contributed by atoms with Crippen molar-refractivity contribution in [3.05, 3.63) is 50.7 Å². The van der Waals surface area contributed by atoms with Crippen molar-refractivity contribution in [1.82, 2.24) is 0 Å². The molecule has 3 nitrogen and oxygen atoms in total. The van der Waals surface area contributed by atoms with Gasteiger partial charge in [0.2, 0.25) is 0 Å². The van der Waals surface area contributed by atoms with Gasteiger partial charge in [-0.2, -0.15) is 0 Å². The number of aryl methyl sites for hydroxylation is 3. The van der Waals surface area contributed by atoms with Crippen LogP contribution in [-0.2, 0) is 25.9 Å². The van der Waals surface area contributed by atoms with Crippen LogP contribution in [-0.4, -0.2) is 11.1 Å². The Morgan fingerprint density at radius 2 is 2.10 bits per heavy atom. The van der Waals surface area contributed by atoms with Gasteiger partial charge in [-0.1, -0.05) is 25.1 Å². The first-order valence-corrected chi connectivity index (χ1v) is 8.08. The Kier molecular flexibility index (Phi) is 3.97. The molecule has 1 aromatic heterocycles. The van der Waals surface area contributed by atoms with Crippen molar-refractivity contribution in [2.75, 3.05) is 0 Å². The van der Waals surface area contributed by atoms with Crippen molar-refractivity contribution in [2.45, 2.75) is 39.2 Å². The van der Waals surface area contributed by atoms with E-state index >= 15 is 0 Å². The molecule has 1 heterocycles. The smallest absolute Gasteiger partial charge is 0.349 e. The zero-order chi connectivity index (χ0) is 14.8. The first kappa shape index (κ1) is 14.1. The predicted octanol–water partition coefficient (Wildman–Crippen LogP) is 4.08. The molecule has 1 aromatic carbocycles. The highest BCUT2D eigenvalue weighted by Crippen LogP contribution is 2.31. The van der Waals surface area contributed by atoms with E-state index in [0.29, 0.717) is 17.2 Å². The Labute approximate surface area is 128 Å². The molecular formula is C17H18O3S. The van der Waals surface area contributed by atoms with Gasteiger partial charge in [-0.15, -0.1) is 11.3 Å². The topological polar surface area (TPSA) is 46.5 Å². The van der Waals surface area contributed by atoms with Gasteiger partial charge in [0.15, 0.2) is 4.88 Å². The summed E-state index contributed by atoms with van der Waals surface area (Å²) in [6.07, 6.45) is 4.37. The fraction of sp³-hybridized carbons (Fsp3) is 0.353. The molecule has 1 aliphatic carbocycles. The summed E-state index contributed by atoms with van der Waals surface area (Å²) in [5.41, 5.74) is 3.96. The molecule has 0 radical (unpaired) electrons. The number of hydrogen-bond acceptors (Lipinski definition) is 3. The summed E-state index contributed by atoms with van der Waals surface area (Å²) in [7, 11) is 0. The number of carbonyl (C=O) groups is 1. The molecule has 0 unspecified atom stereocenters. The third-order valence-corrected chi connectivity index (χ3v) is 5.10. The minimum absolute atomic E-state index is 0.299. The monoisotopic (exact) mass is 302 g/mol. The van der Waals surface area contributed by atoms with E-state index in [0.717, 1.165) is 23.3 Å². The van der Waals surface area contributed by atoms with E-state index in [4.69, 9.17) is 4.74 Å². The van der Waals surface area contributed by atoms with Crippen LogP contribution in [0.5, 0.6) is 5.75 Å². The lowest BCUT2D eigenvalue weighted by atomic mass is 10.1. The molecule has 1 N–H and O–H groups in total. The third-order valence-electron chi connectivity index (χ3n) is 3.85. The van der Waals surface area contributed by atoms with Crippen LogP contribution in [0.25, 0.3) is 0 Å². The molecular weight excluding hydrogens is 284 g/mol. The minimum atomic E-state index is -0.913. The lowest BCUT2D eigenvalue weighted by molar-refractivity contribution is 0.0697. The Morgan fingerprint density at radius 1 is 1.29 bits per heavy atom. The summed E-state index contributed by atoms with van der Waals surface area (Å²) in [5, 5.41) is 9.23. The van der Waals surface area contributed by atoms with Gasteiger partial charge in [0, 0.05) is 4.88 Å². The van der Waals surface area contributed by atoms with Crippen LogP contribution in [0.1, 0.15) is 44.6 Å². The number of hydrogen-bond donors (Lipinski definition) is 1.